The third kappa shape index (κ3) is 3.39. The number of hydrogen-bond donors (Lipinski definition) is 2. The van der Waals surface area contributed by atoms with Crippen LogP contribution in [0.25, 0.3) is 11.1 Å². The molecule has 2 aliphatic rings. The van der Waals surface area contributed by atoms with E-state index in [-0.39, 0.29) is 18.4 Å². The number of likely N-dealkylation sites (tertiary alicyclic amines) is 1. The summed E-state index contributed by atoms with van der Waals surface area (Å²) in [7, 11) is 0. The normalized spacial score (nSPS) is 22.6. The first-order valence-electron chi connectivity index (χ1n) is 9.49. The van der Waals surface area contributed by atoms with Crippen LogP contribution in [0.15, 0.2) is 48.5 Å². The number of nitrogens with zero attached hydrogens (tertiary/aromatic N) is 1. The Labute approximate surface area is 154 Å². The first-order valence-corrected chi connectivity index (χ1v) is 9.49. The Morgan fingerprint density at radius 3 is 2.50 bits per heavy atom. The van der Waals surface area contributed by atoms with Gasteiger partial charge in [-0.3, -0.25) is 4.79 Å². The zero-order valence-electron chi connectivity index (χ0n) is 15.0. The van der Waals surface area contributed by atoms with Gasteiger partial charge >= 0.3 is 0 Å². The van der Waals surface area contributed by atoms with Crippen molar-refractivity contribution < 1.29 is 9.90 Å². The molecule has 1 amide bonds. The molecule has 2 aromatic rings. The molecule has 1 saturated heterocycles. The van der Waals surface area contributed by atoms with Crippen LogP contribution in [0, 0.1) is 17.8 Å². The molecule has 0 spiro atoms. The maximum atomic E-state index is 13.0. The zero-order valence-corrected chi connectivity index (χ0v) is 15.0. The molecule has 136 valence electrons. The van der Waals surface area contributed by atoms with E-state index in [4.69, 9.17) is 5.73 Å². The van der Waals surface area contributed by atoms with Gasteiger partial charge in [0.1, 0.15) is 0 Å². The highest BCUT2D eigenvalue weighted by Crippen LogP contribution is 2.44. The second-order valence-corrected chi connectivity index (χ2v) is 7.64. The van der Waals surface area contributed by atoms with E-state index in [1.54, 1.807) is 0 Å². The fourth-order valence-corrected chi connectivity index (χ4v) is 4.16. The second-order valence-electron chi connectivity index (χ2n) is 7.64. The summed E-state index contributed by atoms with van der Waals surface area (Å²) in [6.07, 6.45) is 2.49. The Morgan fingerprint density at radius 2 is 1.85 bits per heavy atom. The van der Waals surface area contributed by atoms with Crippen molar-refractivity contribution in [1.29, 1.82) is 0 Å². The van der Waals surface area contributed by atoms with Crippen molar-refractivity contribution in [2.24, 2.45) is 23.5 Å². The van der Waals surface area contributed by atoms with Crippen molar-refractivity contribution in [2.75, 3.05) is 19.7 Å². The maximum absolute atomic E-state index is 13.0. The first kappa shape index (κ1) is 17.3. The van der Waals surface area contributed by atoms with Crippen LogP contribution in [0.4, 0.5) is 0 Å². The molecule has 2 fully saturated rings. The van der Waals surface area contributed by atoms with Gasteiger partial charge in [0.05, 0.1) is 0 Å². The average Bonchev–Trinajstić information content (AvgIpc) is 3.46. The average molecular weight is 350 g/mol. The lowest BCUT2D eigenvalue weighted by Gasteiger charge is -2.17. The van der Waals surface area contributed by atoms with Gasteiger partial charge in [-0.1, -0.05) is 36.4 Å². The van der Waals surface area contributed by atoms with Crippen LogP contribution in [0.5, 0.6) is 0 Å². The third-order valence-corrected chi connectivity index (χ3v) is 5.87. The van der Waals surface area contributed by atoms with Crippen LogP contribution in [0.1, 0.15) is 28.8 Å². The molecule has 0 unspecified atom stereocenters. The van der Waals surface area contributed by atoms with E-state index in [0.717, 1.165) is 28.8 Å². The quantitative estimate of drug-likeness (QED) is 0.871. The molecule has 1 saturated carbocycles. The van der Waals surface area contributed by atoms with E-state index < -0.39 is 0 Å². The molecule has 0 radical (unpaired) electrons. The van der Waals surface area contributed by atoms with Gasteiger partial charge in [0.15, 0.2) is 0 Å². The van der Waals surface area contributed by atoms with Crippen molar-refractivity contribution >= 4 is 5.91 Å². The number of carbonyl (C=O) groups is 1. The highest BCUT2D eigenvalue weighted by molar-refractivity contribution is 5.95. The van der Waals surface area contributed by atoms with Gasteiger partial charge in [0.25, 0.3) is 5.91 Å². The molecule has 4 rings (SSSR count). The van der Waals surface area contributed by atoms with E-state index in [1.165, 1.54) is 12.8 Å². The molecular weight excluding hydrogens is 324 g/mol. The Morgan fingerprint density at radius 1 is 1.08 bits per heavy atom. The predicted molar refractivity (Wildman–Crippen MR) is 102 cm³/mol. The number of nitrogens with two attached hydrogens (primary N) is 1. The van der Waals surface area contributed by atoms with E-state index in [0.29, 0.717) is 24.9 Å². The topological polar surface area (TPSA) is 66.6 Å². The smallest absolute Gasteiger partial charge is 0.253 e. The molecule has 0 aromatic heterocycles. The van der Waals surface area contributed by atoms with Crippen LogP contribution >= 0.6 is 0 Å². The van der Waals surface area contributed by atoms with Gasteiger partial charge in [0, 0.05) is 37.7 Å². The molecule has 3 N–H and O–H groups in total. The maximum Gasteiger partial charge on any atom is 0.253 e. The fraction of sp³-hybridized carbons (Fsp3) is 0.409. The first-order chi connectivity index (χ1) is 12.7. The van der Waals surface area contributed by atoms with Gasteiger partial charge in [-0.25, -0.2) is 0 Å². The molecule has 26 heavy (non-hydrogen) atoms. The number of hydrogen-bond acceptors (Lipinski definition) is 3. The Balaban J connectivity index is 1.53. The van der Waals surface area contributed by atoms with Gasteiger partial charge in [-0.2, -0.15) is 0 Å². The minimum absolute atomic E-state index is 0.0760. The minimum Gasteiger partial charge on any atom is -0.396 e. The summed E-state index contributed by atoms with van der Waals surface area (Å²) >= 11 is 0. The van der Waals surface area contributed by atoms with E-state index in [1.807, 2.05) is 53.4 Å². The SMILES string of the molecule is NCc1ccc(-c2cccc(C(=O)N3C[C@@H](CO)[C@H](C4CC4)C3)c2)cc1. The highest BCUT2D eigenvalue weighted by Gasteiger charge is 2.43. The molecule has 4 nitrogen and oxygen atoms in total. The lowest BCUT2D eigenvalue weighted by Crippen LogP contribution is -2.29. The minimum atomic E-state index is 0.0760. The summed E-state index contributed by atoms with van der Waals surface area (Å²) in [6, 6.07) is 16.0. The lowest BCUT2D eigenvalue weighted by molar-refractivity contribution is 0.0780. The van der Waals surface area contributed by atoms with Gasteiger partial charge < -0.3 is 15.7 Å². The number of aliphatic hydroxyl groups excluding tert-OH is 1. The van der Waals surface area contributed by atoms with Crippen LogP contribution in [-0.2, 0) is 6.54 Å². The Kier molecular flexibility index (Phi) is 4.79. The Bertz CT molecular complexity index is 783. The van der Waals surface area contributed by atoms with Crippen molar-refractivity contribution in [3.63, 3.8) is 0 Å². The number of amides is 1. The molecule has 1 aliphatic carbocycles. The van der Waals surface area contributed by atoms with Crippen LogP contribution in [-0.4, -0.2) is 35.6 Å². The largest absolute Gasteiger partial charge is 0.396 e. The molecule has 4 heteroatoms. The molecule has 1 heterocycles. The summed E-state index contributed by atoms with van der Waals surface area (Å²) in [5.41, 5.74) is 9.60. The van der Waals surface area contributed by atoms with E-state index in [2.05, 4.69) is 0 Å². The molecule has 1 aliphatic heterocycles. The summed E-state index contributed by atoms with van der Waals surface area (Å²) in [4.78, 5) is 14.9. The number of benzene rings is 2. The summed E-state index contributed by atoms with van der Waals surface area (Å²) in [5, 5.41) is 9.67. The van der Waals surface area contributed by atoms with Crippen molar-refractivity contribution in [1.82, 2.24) is 4.90 Å². The number of rotatable bonds is 5. The van der Waals surface area contributed by atoms with E-state index in [9.17, 15) is 9.90 Å². The summed E-state index contributed by atoms with van der Waals surface area (Å²) in [6.45, 7) is 2.16. The summed E-state index contributed by atoms with van der Waals surface area (Å²) < 4.78 is 0. The lowest BCUT2D eigenvalue weighted by atomic mass is 9.92. The molecule has 2 aromatic carbocycles. The van der Waals surface area contributed by atoms with Gasteiger partial charge in [-0.05, 0) is 53.5 Å². The molecule has 0 bridgehead atoms. The van der Waals surface area contributed by atoms with Gasteiger partial charge in [-0.15, -0.1) is 0 Å². The molecular formula is C22H26N2O2. The second kappa shape index (κ2) is 7.22. The van der Waals surface area contributed by atoms with Gasteiger partial charge in [0.2, 0.25) is 0 Å². The number of carbonyl (C=O) groups excluding carboxylic acids is 1. The van der Waals surface area contributed by atoms with Crippen LogP contribution < -0.4 is 5.73 Å². The predicted octanol–water partition coefficient (Wildman–Crippen LogP) is 2.90. The standard InChI is InChI=1S/C22H26N2O2/c23-11-15-4-6-16(7-5-15)18-2-1-3-19(10-18)22(26)24-12-20(14-25)21(13-24)17-8-9-17/h1-7,10,17,20-21,25H,8-9,11-14,23H2/t20-,21-/m0/s1. The fourth-order valence-electron chi connectivity index (χ4n) is 4.16. The van der Waals surface area contributed by atoms with Crippen LogP contribution in [0.3, 0.4) is 0 Å². The third-order valence-electron chi connectivity index (χ3n) is 5.87. The summed E-state index contributed by atoms with van der Waals surface area (Å²) in [5.74, 6) is 1.48. The van der Waals surface area contributed by atoms with Crippen LogP contribution in [0.2, 0.25) is 0 Å². The van der Waals surface area contributed by atoms with E-state index >= 15 is 0 Å². The van der Waals surface area contributed by atoms with Crippen molar-refractivity contribution in [3.8, 4) is 11.1 Å². The monoisotopic (exact) mass is 350 g/mol. The van der Waals surface area contributed by atoms with Crippen molar-refractivity contribution in [3.05, 3.63) is 59.7 Å². The zero-order chi connectivity index (χ0) is 18.1. The Hall–Kier alpha value is -2.17. The highest BCUT2D eigenvalue weighted by atomic mass is 16.3. The van der Waals surface area contributed by atoms with Crippen molar-refractivity contribution in [2.45, 2.75) is 19.4 Å². The number of aliphatic hydroxyl groups is 1. The molecule has 2 atom stereocenters.